The SMILES string of the molecule is C=CC[C@@H](C(=O)O)[C@@H]1[C@@H](N)CCN1C(=O)OCc1ccccc1. The summed E-state index contributed by atoms with van der Waals surface area (Å²) in [6.07, 6.45) is 1.83. The van der Waals surface area contributed by atoms with Crippen molar-refractivity contribution in [2.24, 2.45) is 11.7 Å². The van der Waals surface area contributed by atoms with Crippen molar-refractivity contribution in [2.45, 2.75) is 31.5 Å². The van der Waals surface area contributed by atoms with Gasteiger partial charge in [-0.2, -0.15) is 0 Å². The van der Waals surface area contributed by atoms with Gasteiger partial charge in [-0.25, -0.2) is 4.79 Å². The van der Waals surface area contributed by atoms with Gasteiger partial charge in [-0.15, -0.1) is 6.58 Å². The first-order chi connectivity index (χ1) is 11.0. The van der Waals surface area contributed by atoms with Crippen molar-refractivity contribution in [3.63, 3.8) is 0 Å². The Labute approximate surface area is 135 Å². The first kappa shape index (κ1) is 17.0. The number of ether oxygens (including phenoxy) is 1. The van der Waals surface area contributed by atoms with Crippen molar-refractivity contribution in [3.8, 4) is 0 Å². The van der Waals surface area contributed by atoms with Gasteiger partial charge in [-0.05, 0) is 18.4 Å². The molecule has 1 aromatic rings. The van der Waals surface area contributed by atoms with Crippen LogP contribution in [0.1, 0.15) is 18.4 Å². The third kappa shape index (κ3) is 4.10. The van der Waals surface area contributed by atoms with E-state index in [1.807, 2.05) is 30.3 Å². The number of carbonyl (C=O) groups is 2. The number of aliphatic carboxylic acids is 1. The molecule has 23 heavy (non-hydrogen) atoms. The largest absolute Gasteiger partial charge is 0.481 e. The van der Waals surface area contributed by atoms with Crippen molar-refractivity contribution < 1.29 is 19.4 Å². The molecule has 0 saturated carbocycles. The number of benzene rings is 1. The third-order valence-electron chi connectivity index (χ3n) is 4.09. The van der Waals surface area contributed by atoms with Crippen LogP contribution in [0.4, 0.5) is 4.79 Å². The number of rotatable bonds is 6. The molecule has 0 bridgehead atoms. The van der Waals surface area contributed by atoms with Crippen LogP contribution < -0.4 is 5.73 Å². The summed E-state index contributed by atoms with van der Waals surface area (Å²) in [5, 5.41) is 9.41. The minimum absolute atomic E-state index is 0.150. The van der Waals surface area contributed by atoms with Crippen molar-refractivity contribution >= 4 is 12.1 Å². The number of hydrogen-bond donors (Lipinski definition) is 2. The zero-order valence-corrected chi connectivity index (χ0v) is 12.9. The van der Waals surface area contributed by atoms with E-state index < -0.39 is 24.0 Å². The summed E-state index contributed by atoms with van der Waals surface area (Å²) in [5.74, 6) is -1.75. The van der Waals surface area contributed by atoms with Crippen LogP contribution in [0.2, 0.25) is 0 Å². The highest BCUT2D eigenvalue weighted by Crippen LogP contribution is 2.27. The summed E-state index contributed by atoms with van der Waals surface area (Å²) < 4.78 is 5.31. The van der Waals surface area contributed by atoms with Crippen LogP contribution in [0.25, 0.3) is 0 Å². The lowest BCUT2D eigenvalue weighted by Gasteiger charge is -2.30. The van der Waals surface area contributed by atoms with Crippen molar-refractivity contribution in [2.75, 3.05) is 6.54 Å². The molecule has 0 aliphatic carbocycles. The van der Waals surface area contributed by atoms with Gasteiger partial charge in [0, 0.05) is 12.6 Å². The molecule has 1 aliphatic rings. The summed E-state index contributed by atoms with van der Waals surface area (Å²) in [7, 11) is 0. The Balaban J connectivity index is 2.05. The lowest BCUT2D eigenvalue weighted by Crippen LogP contribution is -2.49. The fourth-order valence-corrected chi connectivity index (χ4v) is 2.94. The zero-order valence-electron chi connectivity index (χ0n) is 12.9. The van der Waals surface area contributed by atoms with Gasteiger partial charge in [0.1, 0.15) is 6.61 Å². The standard InChI is InChI=1S/C17H22N2O4/c1-2-6-13(16(20)21)15-14(18)9-10-19(15)17(22)23-11-12-7-4-3-5-8-12/h2-5,7-8,13-15H,1,6,9-11,18H2,(H,20,21)/t13-,14+,15-/m1/s1. The summed E-state index contributed by atoms with van der Waals surface area (Å²) in [5.41, 5.74) is 6.91. The van der Waals surface area contributed by atoms with Gasteiger partial charge in [0.25, 0.3) is 0 Å². The summed E-state index contributed by atoms with van der Waals surface area (Å²) >= 11 is 0. The molecule has 1 amide bonds. The Morgan fingerprint density at radius 3 is 2.74 bits per heavy atom. The molecule has 1 aromatic carbocycles. The van der Waals surface area contributed by atoms with E-state index in [9.17, 15) is 14.7 Å². The molecular formula is C17H22N2O4. The van der Waals surface area contributed by atoms with E-state index in [1.165, 1.54) is 11.0 Å². The minimum atomic E-state index is -0.979. The van der Waals surface area contributed by atoms with Crippen LogP contribution in [0.3, 0.4) is 0 Å². The maximum atomic E-state index is 12.3. The summed E-state index contributed by atoms with van der Waals surface area (Å²) in [6, 6.07) is 8.38. The lowest BCUT2D eigenvalue weighted by atomic mass is 9.91. The summed E-state index contributed by atoms with van der Waals surface area (Å²) in [4.78, 5) is 25.3. The van der Waals surface area contributed by atoms with Gasteiger partial charge in [-0.3, -0.25) is 4.79 Å². The van der Waals surface area contributed by atoms with E-state index in [-0.39, 0.29) is 19.1 Å². The maximum absolute atomic E-state index is 12.3. The first-order valence-corrected chi connectivity index (χ1v) is 7.61. The number of carboxylic acids is 1. The van der Waals surface area contributed by atoms with Gasteiger partial charge in [0.05, 0.1) is 12.0 Å². The Kier molecular flexibility index (Phi) is 5.76. The number of nitrogens with zero attached hydrogens (tertiary/aromatic N) is 1. The number of carboxylic acid groups (broad SMARTS) is 1. The lowest BCUT2D eigenvalue weighted by molar-refractivity contribution is -0.143. The van der Waals surface area contributed by atoms with E-state index >= 15 is 0 Å². The second kappa shape index (κ2) is 7.78. The Morgan fingerprint density at radius 2 is 2.13 bits per heavy atom. The molecule has 1 fully saturated rings. The van der Waals surface area contributed by atoms with Gasteiger partial charge in [0.2, 0.25) is 0 Å². The predicted molar refractivity (Wildman–Crippen MR) is 85.7 cm³/mol. The molecule has 1 aliphatic heterocycles. The fraction of sp³-hybridized carbons (Fsp3) is 0.412. The fourth-order valence-electron chi connectivity index (χ4n) is 2.94. The highest BCUT2D eigenvalue weighted by Gasteiger charge is 2.43. The molecule has 6 heteroatoms. The topological polar surface area (TPSA) is 92.9 Å². The molecule has 0 spiro atoms. The second-order valence-electron chi connectivity index (χ2n) is 5.65. The predicted octanol–water partition coefficient (Wildman–Crippen LogP) is 2.00. The normalized spacial score (nSPS) is 21.7. The van der Waals surface area contributed by atoms with Crippen LogP contribution in [0, 0.1) is 5.92 Å². The van der Waals surface area contributed by atoms with E-state index in [4.69, 9.17) is 10.5 Å². The van der Waals surface area contributed by atoms with E-state index in [0.29, 0.717) is 13.0 Å². The Hall–Kier alpha value is -2.34. The molecule has 124 valence electrons. The van der Waals surface area contributed by atoms with E-state index in [1.54, 1.807) is 0 Å². The number of amides is 1. The molecule has 0 unspecified atom stereocenters. The van der Waals surface area contributed by atoms with Crippen LogP contribution in [-0.2, 0) is 16.1 Å². The third-order valence-corrected chi connectivity index (χ3v) is 4.09. The van der Waals surface area contributed by atoms with Gasteiger partial charge >= 0.3 is 12.1 Å². The molecule has 3 atom stereocenters. The summed E-state index contributed by atoms with van der Waals surface area (Å²) in [6.45, 7) is 4.14. The van der Waals surface area contributed by atoms with E-state index in [2.05, 4.69) is 6.58 Å². The molecule has 2 rings (SSSR count). The number of hydrogen-bond acceptors (Lipinski definition) is 4. The molecule has 3 N–H and O–H groups in total. The molecule has 0 radical (unpaired) electrons. The zero-order chi connectivity index (χ0) is 16.8. The van der Waals surface area contributed by atoms with Gasteiger partial charge in [0.15, 0.2) is 0 Å². The second-order valence-corrected chi connectivity index (χ2v) is 5.65. The smallest absolute Gasteiger partial charge is 0.410 e. The van der Waals surface area contributed by atoms with Crippen LogP contribution in [-0.4, -0.2) is 40.7 Å². The first-order valence-electron chi connectivity index (χ1n) is 7.61. The molecule has 1 saturated heterocycles. The van der Waals surface area contributed by atoms with Gasteiger partial charge in [-0.1, -0.05) is 36.4 Å². The van der Waals surface area contributed by atoms with Crippen molar-refractivity contribution in [1.29, 1.82) is 0 Å². The van der Waals surface area contributed by atoms with Crippen molar-refractivity contribution in [1.82, 2.24) is 4.90 Å². The molecule has 0 aromatic heterocycles. The number of nitrogens with two attached hydrogens (primary N) is 1. The average molecular weight is 318 g/mol. The Morgan fingerprint density at radius 1 is 1.43 bits per heavy atom. The molecule has 6 nitrogen and oxygen atoms in total. The molecule has 1 heterocycles. The minimum Gasteiger partial charge on any atom is -0.481 e. The Bertz CT molecular complexity index is 561. The van der Waals surface area contributed by atoms with Crippen LogP contribution >= 0.6 is 0 Å². The van der Waals surface area contributed by atoms with Crippen LogP contribution in [0.5, 0.6) is 0 Å². The van der Waals surface area contributed by atoms with Crippen molar-refractivity contribution in [3.05, 3.63) is 48.6 Å². The highest BCUT2D eigenvalue weighted by atomic mass is 16.6. The number of likely N-dealkylation sites (tertiary alicyclic amines) is 1. The maximum Gasteiger partial charge on any atom is 0.410 e. The monoisotopic (exact) mass is 318 g/mol. The van der Waals surface area contributed by atoms with Gasteiger partial charge < -0.3 is 20.5 Å². The van der Waals surface area contributed by atoms with Crippen LogP contribution in [0.15, 0.2) is 43.0 Å². The molecular weight excluding hydrogens is 296 g/mol. The highest BCUT2D eigenvalue weighted by molar-refractivity contribution is 5.74. The number of carbonyl (C=O) groups excluding carboxylic acids is 1. The van der Waals surface area contributed by atoms with E-state index in [0.717, 1.165) is 5.56 Å². The quantitative estimate of drug-likeness (QED) is 0.783. The average Bonchev–Trinajstić information content (AvgIpc) is 2.92. The number of allylic oxidation sites excluding steroid dienone is 1.